The second-order valence-corrected chi connectivity index (χ2v) is 5.32. The molecule has 1 aliphatic heterocycles. The van der Waals surface area contributed by atoms with Crippen LogP contribution in [0.5, 0.6) is 0 Å². The van der Waals surface area contributed by atoms with Gasteiger partial charge in [-0.05, 0) is 22.4 Å². The average molecular weight is 315 g/mol. The van der Waals surface area contributed by atoms with E-state index in [1.165, 1.54) is 0 Å². The summed E-state index contributed by atoms with van der Waals surface area (Å²) in [4.78, 5) is 23.7. The molecule has 1 heterocycles. The summed E-state index contributed by atoms with van der Waals surface area (Å²) < 4.78 is 10.5. The predicted octanol–water partition coefficient (Wildman–Crippen LogP) is 1.50. The molecule has 120 valence electrons. The summed E-state index contributed by atoms with van der Waals surface area (Å²) in [5.41, 5.74) is 0.515. The molecule has 0 saturated carbocycles. The quantitative estimate of drug-likeness (QED) is 0.893. The molecular formula is C17H17NO5. The van der Waals surface area contributed by atoms with Gasteiger partial charge in [0.25, 0.3) is 5.91 Å². The summed E-state index contributed by atoms with van der Waals surface area (Å²) in [5, 5.41) is 13.9. The van der Waals surface area contributed by atoms with Gasteiger partial charge >= 0.3 is 5.97 Å². The molecule has 0 bridgehead atoms. The first kappa shape index (κ1) is 15.5. The summed E-state index contributed by atoms with van der Waals surface area (Å²) in [6.45, 7) is 0.901. The SMILES string of the molecule is O=C(NC(C(=O)O)c1ccc2ccccc2c1)C1COCCO1. The van der Waals surface area contributed by atoms with E-state index in [-0.39, 0.29) is 6.61 Å². The topological polar surface area (TPSA) is 84.9 Å². The molecule has 1 aliphatic rings. The van der Waals surface area contributed by atoms with E-state index in [0.29, 0.717) is 18.8 Å². The molecule has 0 radical (unpaired) electrons. The van der Waals surface area contributed by atoms with Crippen molar-refractivity contribution >= 4 is 22.6 Å². The van der Waals surface area contributed by atoms with Crippen molar-refractivity contribution in [1.82, 2.24) is 5.32 Å². The van der Waals surface area contributed by atoms with Crippen LogP contribution in [0.25, 0.3) is 10.8 Å². The Bertz CT molecular complexity index is 724. The average Bonchev–Trinajstić information content (AvgIpc) is 2.59. The Kier molecular flexibility index (Phi) is 4.55. The molecule has 1 fully saturated rings. The van der Waals surface area contributed by atoms with E-state index >= 15 is 0 Å². The van der Waals surface area contributed by atoms with Crippen molar-refractivity contribution in [3.05, 3.63) is 48.0 Å². The van der Waals surface area contributed by atoms with E-state index in [0.717, 1.165) is 10.8 Å². The highest BCUT2D eigenvalue weighted by Crippen LogP contribution is 2.21. The zero-order chi connectivity index (χ0) is 16.2. The maximum atomic E-state index is 12.2. The number of aliphatic carboxylic acids is 1. The fourth-order valence-electron chi connectivity index (χ4n) is 2.55. The summed E-state index contributed by atoms with van der Waals surface area (Å²) in [5.74, 6) is -1.60. The molecule has 23 heavy (non-hydrogen) atoms. The first-order valence-electron chi connectivity index (χ1n) is 7.36. The third kappa shape index (κ3) is 3.49. The molecule has 2 atom stereocenters. The molecule has 3 rings (SSSR count). The highest BCUT2D eigenvalue weighted by Gasteiger charge is 2.28. The first-order chi connectivity index (χ1) is 11.1. The number of carboxylic acid groups (broad SMARTS) is 1. The number of carbonyl (C=O) groups is 2. The van der Waals surface area contributed by atoms with Crippen LogP contribution in [-0.2, 0) is 19.1 Å². The summed E-state index contributed by atoms with van der Waals surface area (Å²) in [6.07, 6.45) is -0.772. The molecule has 6 nitrogen and oxygen atoms in total. The molecule has 1 amide bonds. The van der Waals surface area contributed by atoms with Crippen LogP contribution in [-0.4, -0.2) is 42.9 Å². The maximum absolute atomic E-state index is 12.2. The van der Waals surface area contributed by atoms with Gasteiger partial charge in [-0.2, -0.15) is 0 Å². The van der Waals surface area contributed by atoms with Crippen molar-refractivity contribution in [2.45, 2.75) is 12.1 Å². The molecule has 0 aromatic heterocycles. The van der Waals surface area contributed by atoms with Crippen LogP contribution in [0.3, 0.4) is 0 Å². The predicted molar refractivity (Wildman–Crippen MR) is 83.0 cm³/mol. The van der Waals surface area contributed by atoms with Gasteiger partial charge in [0, 0.05) is 0 Å². The van der Waals surface area contributed by atoms with Gasteiger partial charge in [0.1, 0.15) is 0 Å². The largest absolute Gasteiger partial charge is 0.479 e. The maximum Gasteiger partial charge on any atom is 0.330 e. The zero-order valence-electron chi connectivity index (χ0n) is 12.4. The van der Waals surface area contributed by atoms with E-state index < -0.39 is 24.0 Å². The van der Waals surface area contributed by atoms with Crippen molar-refractivity contribution in [1.29, 1.82) is 0 Å². The number of fused-ring (bicyclic) bond motifs is 1. The van der Waals surface area contributed by atoms with Crippen LogP contribution in [0, 0.1) is 0 Å². The number of ether oxygens (including phenoxy) is 2. The smallest absolute Gasteiger partial charge is 0.330 e. The lowest BCUT2D eigenvalue weighted by Crippen LogP contribution is -2.45. The number of carboxylic acids is 1. The minimum Gasteiger partial charge on any atom is -0.479 e. The fourth-order valence-corrected chi connectivity index (χ4v) is 2.55. The highest BCUT2D eigenvalue weighted by molar-refractivity contribution is 5.89. The standard InChI is InChI=1S/C17H17NO5/c19-16(14-10-22-7-8-23-14)18-15(17(20)21)13-6-5-11-3-1-2-4-12(11)9-13/h1-6,9,14-15H,7-8,10H2,(H,18,19)(H,20,21). The Morgan fingerprint density at radius 2 is 1.91 bits per heavy atom. The lowest BCUT2D eigenvalue weighted by molar-refractivity contribution is -0.152. The van der Waals surface area contributed by atoms with E-state index in [1.54, 1.807) is 12.1 Å². The van der Waals surface area contributed by atoms with Gasteiger partial charge in [0.15, 0.2) is 12.1 Å². The van der Waals surface area contributed by atoms with Gasteiger partial charge in [-0.25, -0.2) is 4.79 Å². The first-order valence-corrected chi connectivity index (χ1v) is 7.36. The van der Waals surface area contributed by atoms with Crippen molar-refractivity contribution in [2.75, 3.05) is 19.8 Å². The van der Waals surface area contributed by atoms with E-state index in [2.05, 4.69) is 5.32 Å². The second-order valence-electron chi connectivity index (χ2n) is 5.32. The van der Waals surface area contributed by atoms with Gasteiger partial charge < -0.3 is 19.9 Å². The van der Waals surface area contributed by atoms with Crippen molar-refractivity contribution in [3.8, 4) is 0 Å². The number of rotatable bonds is 4. The Labute approximate surface area is 133 Å². The van der Waals surface area contributed by atoms with Crippen LogP contribution < -0.4 is 5.32 Å². The summed E-state index contributed by atoms with van der Waals surface area (Å²) >= 11 is 0. The van der Waals surface area contributed by atoms with Crippen molar-refractivity contribution in [2.24, 2.45) is 0 Å². The van der Waals surface area contributed by atoms with Crippen LogP contribution in [0.4, 0.5) is 0 Å². The Hall–Kier alpha value is -2.44. The van der Waals surface area contributed by atoms with E-state index in [1.807, 2.05) is 30.3 Å². The number of hydrogen-bond acceptors (Lipinski definition) is 4. The third-order valence-corrected chi connectivity index (χ3v) is 3.75. The second kappa shape index (κ2) is 6.76. The summed E-state index contributed by atoms with van der Waals surface area (Å²) in [7, 11) is 0. The third-order valence-electron chi connectivity index (χ3n) is 3.75. The Morgan fingerprint density at radius 3 is 2.61 bits per heavy atom. The summed E-state index contributed by atoms with van der Waals surface area (Å²) in [6, 6.07) is 11.8. The van der Waals surface area contributed by atoms with Crippen molar-refractivity contribution < 1.29 is 24.2 Å². The van der Waals surface area contributed by atoms with Crippen LogP contribution in [0.2, 0.25) is 0 Å². The molecule has 2 N–H and O–H groups in total. The lowest BCUT2D eigenvalue weighted by atomic mass is 10.0. The lowest BCUT2D eigenvalue weighted by Gasteiger charge is -2.24. The molecule has 0 spiro atoms. The van der Waals surface area contributed by atoms with Crippen LogP contribution >= 0.6 is 0 Å². The van der Waals surface area contributed by atoms with Crippen LogP contribution in [0.1, 0.15) is 11.6 Å². The zero-order valence-corrected chi connectivity index (χ0v) is 12.4. The Balaban J connectivity index is 1.82. The molecule has 2 aromatic rings. The van der Waals surface area contributed by atoms with E-state index in [4.69, 9.17) is 9.47 Å². The number of nitrogens with one attached hydrogen (secondary N) is 1. The molecule has 0 aliphatic carbocycles. The minimum atomic E-state index is -1.13. The van der Waals surface area contributed by atoms with Gasteiger partial charge in [-0.3, -0.25) is 4.79 Å². The monoisotopic (exact) mass is 315 g/mol. The number of benzene rings is 2. The number of amides is 1. The molecular weight excluding hydrogens is 298 g/mol. The number of carbonyl (C=O) groups excluding carboxylic acids is 1. The normalized spacial score (nSPS) is 19.2. The van der Waals surface area contributed by atoms with Gasteiger partial charge in [-0.1, -0.05) is 36.4 Å². The molecule has 2 unspecified atom stereocenters. The van der Waals surface area contributed by atoms with E-state index in [9.17, 15) is 14.7 Å². The molecule has 2 aromatic carbocycles. The van der Waals surface area contributed by atoms with Crippen LogP contribution in [0.15, 0.2) is 42.5 Å². The van der Waals surface area contributed by atoms with Gasteiger partial charge in [0.2, 0.25) is 0 Å². The Morgan fingerprint density at radius 1 is 1.13 bits per heavy atom. The number of hydrogen-bond donors (Lipinski definition) is 2. The fraction of sp³-hybridized carbons (Fsp3) is 0.294. The molecule has 6 heteroatoms. The molecule has 1 saturated heterocycles. The van der Waals surface area contributed by atoms with Crippen molar-refractivity contribution in [3.63, 3.8) is 0 Å². The minimum absolute atomic E-state index is 0.135. The highest BCUT2D eigenvalue weighted by atomic mass is 16.6. The van der Waals surface area contributed by atoms with Gasteiger partial charge in [0.05, 0.1) is 19.8 Å². The van der Waals surface area contributed by atoms with Gasteiger partial charge in [-0.15, -0.1) is 0 Å².